The summed E-state index contributed by atoms with van der Waals surface area (Å²) in [5, 5.41) is 9.58. The Kier molecular flexibility index (Phi) is 3.61. The molecule has 2 heterocycles. The summed E-state index contributed by atoms with van der Waals surface area (Å²) in [7, 11) is 4.09. The Balaban J connectivity index is 2.08. The minimum absolute atomic E-state index is 0.255. The summed E-state index contributed by atoms with van der Waals surface area (Å²) in [6, 6.07) is 1.76. The molecule has 0 atom stereocenters. The molecule has 0 unspecified atom stereocenters. The van der Waals surface area contributed by atoms with Crippen molar-refractivity contribution in [3.63, 3.8) is 0 Å². The second kappa shape index (κ2) is 5.18. The third kappa shape index (κ3) is 2.67. The van der Waals surface area contributed by atoms with E-state index in [0.29, 0.717) is 11.5 Å². The van der Waals surface area contributed by atoms with Gasteiger partial charge in [-0.15, -0.1) is 0 Å². The largest absolute Gasteiger partial charge is 0.370 e. The van der Waals surface area contributed by atoms with E-state index in [-0.39, 0.29) is 5.69 Å². The standard InChI is InChI=1S/C11H18N6O/c1-8-13-9(12-5-4-6-16(2)3)7-10-14-15-11(18)17(8)10/h7,12H,4-6H2,1-3H3,(H,15,18). The average molecular weight is 250 g/mol. The summed E-state index contributed by atoms with van der Waals surface area (Å²) in [5.74, 6) is 1.37. The quantitative estimate of drug-likeness (QED) is 0.735. The first-order chi connectivity index (χ1) is 8.58. The molecule has 0 aliphatic heterocycles. The number of hydrogen-bond donors (Lipinski definition) is 2. The third-order valence-electron chi connectivity index (χ3n) is 2.66. The molecule has 2 aromatic rings. The Hall–Kier alpha value is -1.89. The number of nitrogens with one attached hydrogen (secondary N) is 2. The third-order valence-corrected chi connectivity index (χ3v) is 2.66. The van der Waals surface area contributed by atoms with Crippen molar-refractivity contribution in [1.29, 1.82) is 0 Å². The first-order valence-corrected chi connectivity index (χ1v) is 5.91. The minimum Gasteiger partial charge on any atom is -0.370 e. The maximum absolute atomic E-state index is 11.4. The Morgan fingerprint density at radius 3 is 3.00 bits per heavy atom. The highest BCUT2D eigenvalue weighted by Crippen LogP contribution is 2.07. The van der Waals surface area contributed by atoms with Gasteiger partial charge < -0.3 is 10.2 Å². The monoisotopic (exact) mass is 250 g/mol. The molecule has 0 aliphatic rings. The molecule has 7 heteroatoms. The van der Waals surface area contributed by atoms with Crippen molar-refractivity contribution in [3.8, 4) is 0 Å². The van der Waals surface area contributed by atoms with Crippen molar-refractivity contribution in [2.75, 3.05) is 32.5 Å². The summed E-state index contributed by atoms with van der Waals surface area (Å²) in [6.45, 7) is 3.65. The van der Waals surface area contributed by atoms with Gasteiger partial charge in [-0.05, 0) is 34.0 Å². The van der Waals surface area contributed by atoms with Crippen molar-refractivity contribution < 1.29 is 0 Å². The van der Waals surface area contributed by atoms with E-state index in [1.54, 1.807) is 13.0 Å². The zero-order valence-corrected chi connectivity index (χ0v) is 10.9. The van der Waals surface area contributed by atoms with Crippen LogP contribution >= 0.6 is 0 Å². The molecular weight excluding hydrogens is 232 g/mol. The summed E-state index contributed by atoms with van der Waals surface area (Å²) in [6.07, 6.45) is 1.03. The van der Waals surface area contributed by atoms with Gasteiger partial charge in [-0.3, -0.25) is 0 Å². The molecule has 0 aromatic carbocycles. The fourth-order valence-corrected chi connectivity index (χ4v) is 1.80. The Morgan fingerprint density at radius 2 is 2.28 bits per heavy atom. The molecular formula is C11H18N6O. The van der Waals surface area contributed by atoms with Crippen LogP contribution in [0.2, 0.25) is 0 Å². The van der Waals surface area contributed by atoms with E-state index in [0.717, 1.165) is 25.3 Å². The van der Waals surface area contributed by atoms with Crippen molar-refractivity contribution in [1.82, 2.24) is 24.5 Å². The van der Waals surface area contributed by atoms with E-state index in [1.807, 2.05) is 14.1 Å². The summed E-state index contributed by atoms with van der Waals surface area (Å²) >= 11 is 0. The molecule has 2 N–H and O–H groups in total. The minimum atomic E-state index is -0.255. The molecule has 0 bridgehead atoms. The van der Waals surface area contributed by atoms with E-state index >= 15 is 0 Å². The van der Waals surface area contributed by atoms with Crippen LogP contribution in [0, 0.1) is 6.92 Å². The van der Waals surface area contributed by atoms with E-state index < -0.39 is 0 Å². The lowest BCUT2D eigenvalue weighted by Gasteiger charge is -2.10. The zero-order chi connectivity index (χ0) is 13.1. The van der Waals surface area contributed by atoms with Gasteiger partial charge >= 0.3 is 5.69 Å². The number of rotatable bonds is 5. The van der Waals surface area contributed by atoms with E-state index in [2.05, 4.69) is 25.4 Å². The molecule has 0 amide bonds. The van der Waals surface area contributed by atoms with Crippen LogP contribution in [0.4, 0.5) is 5.82 Å². The number of aromatic amines is 1. The predicted octanol–water partition coefficient (Wildman–Crippen LogP) is 0.0896. The molecule has 2 rings (SSSR count). The van der Waals surface area contributed by atoms with Crippen LogP contribution in [0.25, 0.3) is 5.65 Å². The Bertz CT molecular complexity index is 585. The van der Waals surface area contributed by atoms with Gasteiger partial charge in [-0.1, -0.05) is 0 Å². The second-order valence-electron chi connectivity index (χ2n) is 4.49. The Morgan fingerprint density at radius 1 is 1.50 bits per heavy atom. The van der Waals surface area contributed by atoms with Gasteiger partial charge in [-0.25, -0.2) is 19.3 Å². The summed E-state index contributed by atoms with van der Waals surface area (Å²) in [4.78, 5) is 17.9. The highest BCUT2D eigenvalue weighted by Gasteiger charge is 2.06. The highest BCUT2D eigenvalue weighted by molar-refractivity contribution is 5.49. The van der Waals surface area contributed by atoms with Gasteiger partial charge in [0.25, 0.3) is 0 Å². The number of hydrogen-bond acceptors (Lipinski definition) is 5. The highest BCUT2D eigenvalue weighted by atomic mass is 16.1. The molecule has 0 spiro atoms. The molecule has 0 fully saturated rings. The van der Waals surface area contributed by atoms with Crippen LogP contribution in [0.1, 0.15) is 12.2 Å². The first kappa shape index (κ1) is 12.6. The topological polar surface area (TPSA) is 78.3 Å². The molecule has 7 nitrogen and oxygen atoms in total. The van der Waals surface area contributed by atoms with Gasteiger partial charge in [0.15, 0.2) is 5.65 Å². The van der Waals surface area contributed by atoms with Crippen LogP contribution < -0.4 is 11.0 Å². The number of H-pyrrole nitrogens is 1. The van der Waals surface area contributed by atoms with Crippen LogP contribution in [0.5, 0.6) is 0 Å². The van der Waals surface area contributed by atoms with Gasteiger partial charge in [0, 0.05) is 12.6 Å². The van der Waals surface area contributed by atoms with Crippen LogP contribution in [0.3, 0.4) is 0 Å². The molecule has 0 radical (unpaired) electrons. The fraction of sp³-hybridized carbons (Fsp3) is 0.545. The van der Waals surface area contributed by atoms with Gasteiger partial charge in [0.2, 0.25) is 0 Å². The first-order valence-electron chi connectivity index (χ1n) is 5.91. The van der Waals surface area contributed by atoms with Crippen molar-refractivity contribution in [2.24, 2.45) is 0 Å². The van der Waals surface area contributed by atoms with E-state index in [4.69, 9.17) is 0 Å². The number of fused-ring (bicyclic) bond motifs is 1. The molecule has 0 saturated carbocycles. The van der Waals surface area contributed by atoms with Crippen molar-refractivity contribution >= 4 is 11.5 Å². The SMILES string of the molecule is Cc1nc(NCCCN(C)C)cc2n[nH]c(=O)n12. The van der Waals surface area contributed by atoms with Gasteiger partial charge in [0.1, 0.15) is 11.6 Å². The predicted molar refractivity (Wildman–Crippen MR) is 70.0 cm³/mol. The lowest BCUT2D eigenvalue weighted by atomic mass is 10.4. The maximum atomic E-state index is 11.4. The molecule has 2 aromatic heterocycles. The van der Waals surface area contributed by atoms with Crippen LogP contribution in [0.15, 0.2) is 10.9 Å². The van der Waals surface area contributed by atoms with Crippen molar-refractivity contribution in [2.45, 2.75) is 13.3 Å². The maximum Gasteiger partial charge on any atom is 0.349 e. The lowest BCUT2D eigenvalue weighted by molar-refractivity contribution is 0.405. The number of aryl methyl sites for hydroxylation is 1. The normalized spacial score (nSPS) is 11.3. The van der Waals surface area contributed by atoms with Gasteiger partial charge in [0.05, 0.1) is 0 Å². The van der Waals surface area contributed by atoms with E-state index in [9.17, 15) is 4.79 Å². The lowest BCUT2D eigenvalue weighted by Crippen LogP contribution is -2.17. The van der Waals surface area contributed by atoms with Crippen molar-refractivity contribution in [3.05, 3.63) is 22.4 Å². The number of nitrogens with zero attached hydrogens (tertiary/aromatic N) is 4. The smallest absolute Gasteiger partial charge is 0.349 e. The second-order valence-corrected chi connectivity index (χ2v) is 4.49. The number of aromatic nitrogens is 4. The Labute approximate surface area is 105 Å². The average Bonchev–Trinajstić information content (AvgIpc) is 2.67. The number of anilines is 1. The summed E-state index contributed by atoms with van der Waals surface area (Å²) in [5.41, 5.74) is 0.330. The van der Waals surface area contributed by atoms with Crippen LogP contribution in [-0.2, 0) is 0 Å². The van der Waals surface area contributed by atoms with E-state index in [1.165, 1.54) is 4.40 Å². The summed E-state index contributed by atoms with van der Waals surface area (Å²) < 4.78 is 1.45. The van der Waals surface area contributed by atoms with Crippen LogP contribution in [-0.4, -0.2) is 51.7 Å². The molecule has 98 valence electrons. The molecule has 0 aliphatic carbocycles. The fourth-order valence-electron chi connectivity index (χ4n) is 1.80. The van der Waals surface area contributed by atoms with Gasteiger partial charge in [-0.2, -0.15) is 5.10 Å². The zero-order valence-electron chi connectivity index (χ0n) is 10.9. The molecule has 18 heavy (non-hydrogen) atoms. The molecule has 0 saturated heterocycles.